The lowest BCUT2D eigenvalue weighted by atomic mass is 10.1. The number of nitrogens with one attached hydrogen (secondary N) is 2. The van der Waals surface area contributed by atoms with Crippen molar-refractivity contribution in [2.75, 3.05) is 5.32 Å². The maximum atomic E-state index is 12.4. The molecule has 1 aliphatic rings. The fourth-order valence-electron chi connectivity index (χ4n) is 2.47. The number of aromatic nitrogens is 5. The minimum Gasteiger partial charge on any atom is -0.299 e. The standard InChI is InChI=1S/C16H16N6OS2/c1-9-2-4-10(5-3-9)13-18-21-16(24)22(13)8-12(23)17-15-20-19-14(25-15)11-6-7-11/h2-5,11H,6-8H2,1H3,(H,21,24)(H,17,20,23). The zero-order chi connectivity index (χ0) is 17.4. The van der Waals surface area contributed by atoms with Crippen LogP contribution >= 0.6 is 23.6 Å². The summed E-state index contributed by atoms with van der Waals surface area (Å²) in [4.78, 5) is 12.4. The van der Waals surface area contributed by atoms with Crippen molar-refractivity contribution in [3.63, 3.8) is 0 Å². The van der Waals surface area contributed by atoms with Crippen LogP contribution in [0, 0.1) is 11.7 Å². The highest BCUT2D eigenvalue weighted by atomic mass is 32.1. The van der Waals surface area contributed by atoms with E-state index in [1.54, 1.807) is 4.57 Å². The van der Waals surface area contributed by atoms with Crippen LogP contribution in [-0.4, -0.2) is 30.9 Å². The molecule has 128 valence electrons. The van der Waals surface area contributed by atoms with Crippen LogP contribution in [-0.2, 0) is 11.3 Å². The highest BCUT2D eigenvalue weighted by Gasteiger charge is 2.27. The molecule has 3 aromatic rings. The van der Waals surface area contributed by atoms with Crippen LogP contribution in [0.25, 0.3) is 11.4 Å². The molecule has 1 amide bonds. The first kappa shape index (κ1) is 16.1. The number of aryl methyl sites for hydroxylation is 1. The van der Waals surface area contributed by atoms with Gasteiger partial charge in [0.1, 0.15) is 11.6 Å². The Morgan fingerprint density at radius 3 is 2.84 bits per heavy atom. The summed E-state index contributed by atoms with van der Waals surface area (Å²) < 4.78 is 2.08. The number of hydrogen-bond donors (Lipinski definition) is 2. The predicted octanol–water partition coefficient (Wildman–Crippen LogP) is 3.28. The van der Waals surface area contributed by atoms with Crippen molar-refractivity contribution in [2.24, 2.45) is 0 Å². The van der Waals surface area contributed by atoms with Crippen molar-refractivity contribution in [3.8, 4) is 11.4 Å². The van der Waals surface area contributed by atoms with Gasteiger partial charge < -0.3 is 0 Å². The van der Waals surface area contributed by atoms with E-state index in [0.717, 1.165) is 29.0 Å². The Morgan fingerprint density at radius 2 is 2.12 bits per heavy atom. The number of anilines is 1. The topological polar surface area (TPSA) is 88.5 Å². The Balaban J connectivity index is 1.51. The molecule has 2 heterocycles. The predicted molar refractivity (Wildman–Crippen MR) is 98.1 cm³/mol. The van der Waals surface area contributed by atoms with Crippen LogP contribution in [0.15, 0.2) is 24.3 Å². The van der Waals surface area contributed by atoms with E-state index in [0.29, 0.717) is 21.6 Å². The lowest BCUT2D eigenvalue weighted by molar-refractivity contribution is -0.116. The molecule has 9 heteroatoms. The summed E-state index contributed by atoms with van der Waals surface area (Å²) in [6.07, 6.45) is 2.32. The van der Waals surface area contributed by atoms with Gasteiger partial charge in [-0.15, -0.1) is 10.2 Å². The fourth-order valence-corrected chi connectivity index (χ4v) is 3.60. The first-order valence-electron chi connectivity index (χ1n) is 7.95. The van der Waals surface area contributed by atoms with E-state index in [4.69, 9.17) is 12.2 Å². The fraction of sp³-hybridized carbons (Fsp3) is 0.312. The first-order valence-corrected chi connectivity index (χ1v) is 9.18. The van der Waals surface area contributed by atoms with Crippen molar-refractivity contribution in [1.82, 2.24) is 25.0 Å². The Morgan fingerprint density at radius 1 is 1.36 bits per heavy atom. The minimum atomic E-state index is -0.204. The van der Waals surface area contributed by atoms with Crippen molar-refractivity contribution in [2.45, 2.75) is 32.2 Å². The second-order valence-corrected chi connectivity index (χ2v) is 7.47. The molecule has 0 unspecified atom stereocenters. The Kier molecular flexibility index (Phi) is 4.18. The molecule has 25 heavy (non-hydrogen) atoms. The van der Waals surface area contributed by atoms with Crippen LogP contribution in [0.4, 0.5) is 5.13 Å². The minimum absolute atomic E-state index is 0.0664. The molecule has 0 spiro atoms. The Hall–Kier alpha value is -2.39. The molecule has 1 saturated carbocycles. The van der Waals surface area contributed by atoms with Crippen molar-refractivity contribution >= 4 is 34.6 Å². The van der Waals surface area contributed by atoms with Gasteiger partial charge in [0, 0.05) is 11.5 Å². The number of H-pyrrole nitrogens is 1. The molecule has 2 aromatic heterocycles. The summed E-state index contributed by atoms with van der Waals surface area (Å²) in [5.74, 6) is 0.958. The molecule has 0 aliphatic heterocycles. The molecule has 1 aromatic carbocycles. The zero-order valence-corrected chi connectivity index (χ0v) is 15.2. The van der Waals surface area contributed by atoms with Gasteiger partial charge in [-0.3, -0.25) is 19.8 Å². The third-order valence-corrected chi connectivity index (χ3v) is 5.30. The van der Waals surface area contributed by atoms with Gasteiger partial charge in [-0.25, -0.2) is 0 Å². The largest absolute Gasteiger partial charge is 0.299 e. The van der Waals surface area contributed by atoms with Crippen LogP contribution in [0.3, 0.4) is 0 Å². The maximum Gasteiger partial charge on any atom is 0.246 e. The smallest absolute Gasteiger partial charge is 0.246 e. The molecule has 0 atom stereocenters. The molecule has 1 fully saturated rings. The monoisotopic (exact) mass is 372 g/mol. The van der Waals surface area contributed by atoms with Crippen LogP contribution in [0.2, 0.25) is 0 Å². The van der Waals surface area contributed by atoms with Crippen LogP contribution < -0.4 is 5.32 Å². The highest BCUT2D eigenvalue weighted by Crippen LogP contribution is 2.42. The molecular weight excluding hydrogens is 356 g/mol. The van der Waals surface area contributed by atoms with Crippen LogP contribution in [0.1, 0.15) is 29.3 Å². The number of hydrogen-bond acceptors (Lipinski definition) is 6. The molecular formula is C16H16N6OS2. The highest BCUT2D eigenvalue weighted by molar-refractivity contribution is 7.71. The summed E-state index contributed by atoms with van der Waals surface area (Å²) in [7, 11) is 0. The molecule has 1 aliphatic carbocycles. The normalized spacial score (nSPS) is 13.8. The number of rotatable bonds is 5. The average molecular weight is 372 g/mol. The van der Waals surface area contributed by atoms with E-state index in [1.807, 2.05) is 31.2 Å². The van der Waals surface area contributed by atoms with E-state index < -0.39 is 0 Å². The zero-order valence-electron chi connectivity index (χ0n) is 13.5. The van der Waals surface area contributed by atoms with Crippen molar-refractivity contribution in [1.29, 1.82) is 0 Å². The maximum absolute atomic E-state index is 12.4. The number of aromatic amines is 1. The van der Waals surface area contributed by atoms with Gasteiger partial charge in [-0.2, -0.15) is 5.10 Å². The van der Waals surface area contributed by atoms with E-state index in [9.17, 15) is 4.79 Å². The lowest BCUT2D eigenvalue weighted by Crippen LogP contribution is -2.19. The molecule has 0 saturated heterocycles. The number of carbonyl (C=O) groups is 1. The summed E-state index contributed by atoms with van der Waals surface area (Å²) in [6, 6.07) is 7.92. The quantitative estimate of drug-likeness (QED) is 0.671. The Labute approximate surface area is 153 Å². The van der Waals surface area contributed by atoms with Gasteiger partial charge in [0.05, 0.1) is 0 Å². The van der Waals surface area contributed by atoms with Gasteiger partial charge in [0.2, 0.25) is 11.0 Å². The summed E-state index contributed by atoms with van der Waals surface area (Å²) in [6.45, 7) is 2.09. The second kappa shape index (κ2) is 6.49. The van der Waals surface area contributed by atoms with E-state index in [1.165, 1.54) is 11.3 Å². The van der Waals surface area contributed by atoms with E-state index in [2.05, 4.69) is 25.7 Å². The van der Waals surface area contributed by atoms with Gasteiger partial charge in [0.25, 0.3) is 0 Å². The molecule has 7 nitrogen and oxygen atoms in total. The first-order chi connectivity index (χ1) is 12.1. The lowest BCUT2D eigenvalue weighted by Gasteiger charge is -2.06. The third kappa shape index (κ3) is 3.52. The average Bonchev–Trinajstić information content (AvgIpc) is 3.25. The molecule has 0 bridgehead atoms. The van der Waals surface area contributed by atoms with Gasteiger partial charge in [0.15, 0.2) is 10.6 Å². The number of nitrogens with zero attached hydrogens (tertiary/aromatic N) is 4. The number of carbonyl (C=O) groups excluding carboxylic acids is 1. The SMILES string of the molecule is Cc1ccc(-c2n[nH]c(=S)n2CC(=O)Nc2nnc(C3CC3)s2)cc1. The van der Waals surface area contributed by atoms with Crippen molar-refractivity contribution < 1.29 is 4.79 Å². The van der Waals surface area contributed by atoms with E-state index in [-0.39, 0.29) is 12.5 Å². The van der Waals surface area contributed by atoms with Crippen molar-refractivity contribution in [3.05, 3.63) is 39.6 Å². The van der Waals surface area contributed by atoms with Gasteiger partial charge in [-0.1, -0.05) is 41.2 Å². The summed E-state index contributed by atoms with van der Waals surface area (Å²) in [5, 5.41) is 19.5. The molecule has 2 N–H and O–H groups in total. The number of amides is 1. The summed E-state index contributed by atoms with van der Waals surface area (Å²) >= 11 is 6.71. The van der Waals surface area contributed by atoms with Gasteiger partial charge >= 0.3 is 0 Å². The van der Waals surface area contributed by atoms with E-state index >= 15 is 0 Å². The summed E-state index contributed by atoms with van der Waals surface area (Å²) in [5.41, 5.74) is 2.06. The Bertz CT molecular complexity index is 967. The molecule has 4 rings (SSSR count). The van der Waals surface area contributed by atoms with Crippen LogP contribution in [0.5, 0.6) is 0 Å². The number of benzene rings is 1. The van der Waals surface area contributed by atoms with Gasteiger partial charge in [-0.05, 0) is 32.0 Å². The second-order valence-electron chi connectivity index (χ2n) is 6.07. The molecule has 0 radical (unpaired) electrons. The third-order valence-electron chi connectivity index (χ3n) is 3.98.